The second-order valence-electron chi connectivity index (χ2n) is 7.23. The predicted molar refractivity (Wildman–Crippen MR) is 113 cm³/mol. The maximum absolute atomic E-state index is 12.4. The Morgan fingerprint density at radius 3 is 2.31 bits per heavy atom. The minimum absolute atomic E-state index is 0.197. The third kappa shape index (κ3) is 7.13. The number of alkyl halides is 3. The van der Waals surface area contributed by atoms with Crippen LogP contribution >= 0.6 is 11.6 Å². The van der Waals surface area contributed by atoms with Gasteiger partial charge >= 0.3 is 12.1 Å². The number of nitrogens with zero attached hydrogens (tertiary/aromatic N) is 2. The first kappa shape index (κ1) is 23.9. The number of hydrogen-bond acceptors (Lipinski definition) is 5. The molecule has 6 nitrogen and oxygen atoms in total. The summed E-state index contributed by atoms with van der Waals surface area (Å²) in [5.74, 6) is -0.972. The molecule has 1 fully saturated rings. The molecule has 172 valence electrons. The molecule has 0 unspecified atom stereocenters. The number of piperazine rings is 1. The number of amides is 1. The van der Waals surface area contributed by atoms with Crippen LogP contribution in [0, 0.1) is 0 Å². The lowest BCUT2D eigenvalue weighted by Gasteiger charge is -2.36. The molecule has 0 aliphatic carbocycles. The smallest absolute Gasteiger partial charge is 0.411 e. The van der Waals surface area contributed by atoms with Gasteiger partial charge in [0.25, 0.3) is 5.91 Å². The molecular formula is C22H22ClF3N2O4. The highest BCUT2D eigenvalue weighted by atomic mass is 35.5. The van der Waals surface area contributed by atoms with Crippen LogP contribution in [-0.2, 0) is 20.9 Å². The van der Waals surface area contributed by atoms with Gasteiger partial charge in [0.05, 0.1) is 12.2 Å². The second kappa shape index (κ2) is 10.7. The van der Waals surface area contributed by atoms with Crippen molar-refractivity contribution in [2.75, 3.05) is 44.3 Å². The molecule has 0 spiro atoms. The molecule has 2 aromatic carbocycles. The Labute approximate surface area is 188 Å². The highest BCUT2D eigenvalue weighted by Crippen LogP contribution is 2.21. The zero-order chi connectivity index (χ0) is 23.1. The fourth-order valence-corrected chi connectivity index (χ4v) is 3.39. The molecule has 2 aromatic rings. The van der Waals surface area contributed by atoms with E-state index in [0.29, 0.717) is 36.8 Å². The average molecular weight is 471 g/mol. The molecule has 0 bridgehead atoms. The van der Waals surface area contributed by atoms with Gasteiger partial charge in [-0.15, -0.1) is 0 Å². The van der Waals surface area contributed by atoms with Crippen LogP contribution in [0.15, 0.2) is 48.5 Å². The monoisotopic (exact) mass is 470 g/mol. The maximum Gasteiger partial charge on any atom is 0.411 e. The number of hydrogen-bond donors (Lipinski definition) is 0. The van der Waals surface area contributed by atoms with Crippen molar-refractivity contribution in [2.45, 2.75) is 12.8 Å². The summed E-state index contributed by atoms with van der Waals surface area (Å²) < 4.78 is 46.0. The zero-order valence-electron chi connectivity index (χ0n) is 17.1. The van der Waals surface area contributed by atoms with Gasteiger partial charge < -0.3 is 19.3 Å². The first-order valence-electron chi connectivity index (χ1n) is 9.90. The van der Waals surface area contributed by atoms with Gasteiger partial charge in [-0.05, 0) is 35.9 Å². The van der Waals surface area contributed by atoms with Crippen LogP contribution in [0.1, 0.15) is 15.9 Å². The molecule has 1 aliphatic rings. The lowest BCUT2D eigenvalue weighted by Crippen LogP contribution is -2.49. The number of halogens is 4. The second-order valence-corrected chi connectivity index (χ2v) is 7.67. The molecule has 1 heterocycles. The lowest BCUT2D eigenvalue weighted by atomic mass is 10.1. The summed E-state index contributed by atoms with van der Waals surface area (Å²) in [6.45, 7) is 0.314. The normalized spacial score (nSPS) is 14.4. The molecule has 0 N–H and O–H groups in total. The fraction of sp³-hybridized carbons (Fsp3) is 0.364. The molecule has 1 saturated heterocycles. The van der Waals surface area contributed by atoms with Gasteiger partial charge in [0.15, 0.2) is 6.61 Å². The van der Waals surface area contributed by atoms with E-state index < -0.39 is 18.8 Å². The molecule has 1 amide bonds. The first-order valence-corrected chi connectivity index (χ1v) is 10.3. The van der Waals surface area contributed by atoms with Crippen molar-refractivity contribution in [3.63, 3.8) is 0 Å². The minimum Gasteiger partial charge on any atom is -0.452 e. The topological polar surface area (TPSA) is 59.1 Å². The van der Waals surface area contributed by atoms with Crippen LogP contribution in [0.2, 0.25) is 5.02 Å². The fourth-order valence-electron chi connectivity index (χ4n) is 3.21. The quantitative estimate of drug-likeness (QED) is 0.574. The van der Waals surface area contributed by atoms with Crippen molar-refractivity contribution in [3.05, 3.63) is 64.7 Å². The third-order valence-electron chi connectivity index (χ3n) is 4.86. The van der Waals surface area contributed by atoms with Crippen LogP contribution in [0.5, 0.6) is 0 Å². The largest absolute Gasteiger partial charge is 0.452 e. The van der Waals surface area contributed by atoms with Gasteiger partial charge in [-0.25, -0.2) is 4.79 Å². The van der Waals surface area contributed by atoms with Crippen molar-refractivity contribution in [1.82, 2.24) is 4.90 Å². The van der Waals surface area contributed by atoms with E-state index in [4.69, 9.17) is 16.3 Å². The van der Waals surface area contributed by atoms with E-state index in [1.54, 1.807) is 11.0 Å². The summed E-state index contributed by atoms with van der Waals surface area (Å²) in [7, 11) is 0. The summed E-state index contributed by atoms with van der Waals surface area (Å²) >= 11 is 6.03. The van der Waals surface area contributed by atoms with Gasteiger partial charge in [-0.3, -0.25) is 4.79 Å². The van der Waals surface area contributed by atoms with Crippen molar-refractivity contribution in [2.24, 2.45) is 0 Å². The van der Waals surface area contributed by atoms with Gasteiger partial charge in [-0.2, -0.15) is 13.2 Å². The highest BCUT2D eigenvalue weighted by molar-refractivity contribution is 6.30. The standard InChI is InChI=1S/C22H22ClF3N2O4/c23-18-2-1-3-19(12-18)27-8-10-28(11-9-27)20(29)14-32-21(30)17-6-4-16(5-7-17)13-31-15-22(24,25)26/h1-7,12H,8-11,13-15H2. The number of esters is 1. The zero-order valence-corrected chi connectivity index (χ0v) is 17.9. The minimum atomic E-state index is -4.39. The van der Waals surface area contributed by atoms with Gasteiger partial charge in [0.2, 0.25) is 0 Å². The van der Waals surface area contributed by atoms with E-state index in [1.807, 2.05) is 18.2 Å². The van der Waals surface area contributed by atoms with Crippen molar-refractivity contribution in [1.29, 1.82) is 0 Å². The predicted octanol–water partition coefficient (Wildman–Crippen LogP) is 3.92. The van der Waals surface area contributed by atoms with Crippen LogP contribution in [0.25, 0.3) is 0 Å². The van der Waals surface area contributed by atoms with Crippen LogP contribution in [0.3, 0.4) is 0 Å². The summed E-state index contributed by atoms with van der Waals surface area (Å²) in [5, 5.41) is 0.648. The molecule has 32 heavy (non-hydrogen) atoms. The molecule has 0 aromatic heterocycles. The summed E-state index contributed by atoms with van der Waals surface area (Å²) in [4.78, 5) is 28.3. The lowest BCUT2D eigenvalue weighted by molar-refractivity contribution is -0.176. The van der Waals surface area contributed by atoms with Crippen LogP contribution in [0.4, 0.5) is 18.9 Å². The van der Waals surface area contributed by atoms with Crippen molar-refractivity contribution >= 4 is 29.2 Å². The Morgan fingerprint density at radius 2 is 1.69 bits per heavy atom. The Kier molecular flexibility index (Phi) is 7.98. The Balaban J connectivity index is 1.41. The van der Waals surface area contributed by atoms with E-state index in [2.05, 4.69) is 9.64 Å². The SMILES string of the molecule is O=C(OCC(=O)N1CCN(c2cccc(Cl)c2)CC1)c1ccc(COCC(F)(F)F)cc1. The molecule has 1 aliphatic heterocycles. The number of rotatable bonds is 7. The van der Waals surface area contributed by atoms with Crippen LogP contribution < -0.4 is 4.90 Å². The number of anilines is 1. The number of carbonyl (C=O) groups is 2. The number of benzene rings is 2. The Hall–Kier alpha value is -2.78. The molecule has 3 rings (SSSR count). The molecule has 10 heteroatoms. The van der Waals surface area contributed by atoms with E-state index in [1.165, 1.54) is 24.3 Å². The molecule has 0 radical (unpaired) electrons. The molecule has 0 saturated carbocycles. The maximum atomic E-state index is 12.4. The van der Waals surface area contributed by atoms with Crippen LogP contribution in [-0.4, -0.2) is 62.3 Å². The summed E-state index contributed by atoms with van der Waals surface area (Å²) in [6, 6.07) is 13.3. The van der Waals surface area contributed by atoms with Crippen molar-refractivity contribution in [3.8, 4) is 0 Å². The number of ether oxygens (including phenoxy) is 2. The molecular weight excluding hydrogens is 449 g/mol. The van der Waals surface area contributed by atoms with E-state index in [-0.39, 0.29) is 24.7 Å². The first-order chi connectivity index (χ1) is 15.2. The van der Waals surface area contributed by atoms with Gasteiger partial charge in [0.1, 0.15) is 6.61 Å². The molecule has 0 atom stereocenters. The Morgan fingerprint density at radius 1 is 1.00 bits per heavy atom. The van der Waals surface area contributed by atoms with E-state index in [0.717, 1.165) is 5.69 Å². The average Bonchev–Trinajstić information content (AvgIpc) is 2.77. The van der Waals surface area contributed by atoms with Gasteiger partial charge in [0, 0.05) is 36.9 Å². The number of carbonyl (C=O) groups excluding carboxylic acids is 2. The van der Waals surface area contributed by atoms with E-state index in [9.17, 15) is 22.8 Å². The summed E-state index contributed by atoms with van der Waals surface area (Å²) in [5.41, 5.74) is 1.67. The van der Waals surface area contributed by atoms with Crippen molar-refractivity contribution < 1.29 is 32.2 Å². The third-order valence-corrected chi connectivity index (χ3v) is 5.09. The Bertz CT molecular complexity index is 930. The van der Waals surface area contributed by atoms with E-state index >= 15 is 0 Å². The summed E-state index contributed by atoms with van der Waals surface area (Å²) in [6.07, 6.45) is -4.39. The highest BCUT2D eigenvalue weighted by Gasteiger charge is 2.27. The van der Waals surface area contributed by atoms with Gasteiger partial charge in [-0.1, -0.05) is 29.8 Å².